The Kier molecular flexibility index (Phi) is 5.42. The molecule has 0 saturated heterocycles. The standard InChI is InChI=1S/C16H18N2O5S/c1-2-8-18-13-9-11(16(19)20)10-14(24(17,21)22)15(13)23-12-6-4-3-5-7-12/h3-7,9-10,18H,2,8H2,1H3,(H,19,20)(H2,17,21,22). The first-order valence-electron chi connectivity index (χ1n) is 7.24. The highest BCUT2D eigenvalue weighted by Crippen LogP contribution is 2.37. The van der Waals surface area contributed by atoms with E-state index in [-0.39, 0.29) is 21.9 Å². The molecule has 4 N–H and O–H groups in total. The van der Waals surface area contributed by atoms with Gasteiger partial charge in [0.1, 0.15) is 10.6 Å². The maximum atomic E-state index is 11.9. The molecule has 0 bridgehead atoms. The number of primary sulfonamides is 1. The molecule has 0 aliphatic heterocycles. The van der Waals surface area contributed by atoms with Crippen LogP contribution in [0.15, 0.2) is 47.4 Å². The number of ether oxygens (including phenoxy) is 1. The summed E-state index contributed by atoms with van der Waals surface area (Å²) in [6.45, 7) is 2.44. The molecule has 0 amide bonds. The van der Waals surface area contributed by atoms with Crippen LogP contribution in [0.25, 0.3) is 0 Å². The Morgan fingerprint density at radius 3 is 2.46 bits per heavy atom. The summed E-state index contributed by atoms with van der Waals surface area (Å²) >= 11 is 0. The molecule has 2 aromatic carbocycles. The van der Waals surface area contributed by atoms with E-state index in [0.717, 1.165) is 12.5 Å². The Morgan fingerprint density at radius 1 is 1.25 bits per heavy atom. The number of sulfonamides is 1. The first kappa shape index (κ1) is 17.8. The zero-order chi connectivity index (χ0) is 17.7. The van der Waals surface area contributed by atoms with Crippen molar-refractivity contribution < 1.29 is 23.1 Å². The molecule has 0 heterocycles. The number of nitrogens with two attached hydrogens (primary N) is 1. The minimum atomic E-state index is -4.19. The van der Waals surface area contributed by atoms with Gasteiger partial charge in [0.2, 0.25) is 10.0 Å². The van der Waals surface area contributed by atoms with E-state index >= 15 is 0 Å². The van der Waals surface area contributed by atoms with Crippen LogP contribution in [0.1, 0.15) is 23.7 Å². The summed E-state index contributed by atoms with van der Waals surface area (Å²) in [6.07, 6.45) is 0.757. The fourth-order valence-corrected chi connectivity index (χ4v) is 2.74. The molecular formula is C16H18N2O5S. The summed E-state index contributed by atoms with van der Waals surface area (Å²) in [6, 6.07) is 10.9. The van der Waals surface area contributed by atoms with E-state index in [9.17, 15) is 18.3 Å². The van der Waals surface area contributed by atoms with E-state index in [1.807, 2.05) is 6.92 Å². The lowest BCUT2D eigenvalue weighted by atomic mass is 10.1. The van der Waals surface area contributed by atoms with Crippen LogP contribution < -0.4 is 15.2 Å². The van der Waals surface area contributed by atoms with Crippen molar-refractivity contribution in [2.24, 2.45) is 5.14 Å². The zero-order valence-electron chi connectivity index (χ0n) is 13.0. The van der Waals surface area contributed by atoms with Crippen LogP contribution in [-0.2, 0) is 10.0 Å². The molecule has 2 rings (SSSR count). The predicted molar refractivity (Wildman–Crippen MR) is 90.1 cm³/mol. The van der Waals surface area contributed by atoms with E-state index in [0.29, 0.717) is 12.3 Å². The zero-order valence-corrected chi connectivity index (χ0v) is 13.8. The third kappa shape index (κ3) is 4.24. The van der Waals surface area contributed by atoms with Crippen molar-refractivity contribution in [3.8, 4) is 11.5 Å². The lowest BCUT2D eigenvalue weighted by Gasteiger charge is -2.17. The molecule has 8 heteroatoms. The summed E-state index contributed by atoms with van der Waals surface area (Å²) in [4.78, 5) is 10.9. The number of rotatable bonds is 7. The van der Waals surface area contributed by atoms with Crippen molar-refractivity contribution >= 4 is 21.7 Å². The van der Waals surface area contributed by atoms with Gasteiger partial charge in [0.15, 0.2) is 5.75 Å². The first-order valence-corrected chi connectivity index (χ1v) is 8.78. The van der Waals surface area contributed by atoms with Gasteiger partial charge in [-0.15, -0.1) is 0 Å². The fourth-order valence-electron chi connectivity index (χ4n) is 2.04. The maximum Gasteiger partial charge on any atom is 0.335 e. The molecule has 0 unspecified atom stereocenters. The first-order chi connectivity index (χ1) is 11.3. The van der Waals surface area contributed by atoms with Crippen LogP contribution in [-0.4, -0.2) is 26.0 Å². The SMILES string of the molecule is CCCNc1cc(C(=O)O)cc(S(N)(=O)=O)c1Oc1ccccc1. The van der Waals surface area contributed by atoms with Crippen LogP contribution in [0.4, 0.5) is 5.69 Å². The molecule has 128 valence electrons. The molecule has 2 aromatic rings. The van der Waals surface area contributed by atoms with Crippen LogP contribution in [0.3, 0.4) is 0 Å². The van der Waals surface area contributed by atoms with Crippen molar-refractivity contribution in [2.45, 2.75) is 18.2 Å². The number of benzene rings is 2. The number of carboxylic acids is 1. The Bertz CT molecular complexity index is 835. The minimum Gasteiger partial charge on any atom is -0.478 e. The van der Waals surface area contributed by atoms with E-state index in [1.165, 1.54) is 6.07 Å². The minimum absolute atomic E-state index is 0.0258. The second-order valence-electron chi connectivity index (χ2n) is 5.04. The Balaban J connectivity index is 2.64. The van der Waals surface area contributed by atoms with Crippen molar-refractivity contribution in [3.63, 3.8) is 0 Å². The molecule has 0 radical (unpaired) electrons. The molecular weight excluding hydrogens is 332 g/mol. The third-order valence-corrected chi connectivity index (χ3v) is 4.05. The largest absolute Gasteiger partial charge is 0.478 e. The lowest BCUT2D eigenvalue weighted by molar-refractivity contribution is 0.0696. The summed E-state index contributed by atoms with van der Waals surface area (Å²) in [5.74, 6) is -0.877. The number of aromatic carboxylic acids is 1. The highest BCUT2D eigenvalue weighted by molar-refractivity contribution is 7.89. The van der Waals surface area contributed by atoms with Crippen LogP contribution in [0.5, 0.6) is 11.5 Å². The Hall–Kier alpha value is -2.58. The quantitative estimate of drug-likeness (QED) is 0.706. The highest BCUT2D eigenvalue weighted by atomic mass is 32.2. The summed E-state index contributed by atoms with van der Waals surface area (Å²) in [7, 11) is -4.19. The Labute approximate surface area is 140 Å². The van der Waals surface area contributed by atoms with Gasteiger partial charge in [-0.1, -0.05) is 25.1 Å². The second kappa shape index (κ2) is 7.33. The van der Waals surface area contributed by atoms with Gasteiger partial charge in [0, 0.05) is 6.54 Å². The van der Waals surface area contributed by atoms with Gasteiger partial charge >= 0.3 is 5.97 Å². The smallest absolute Gasteiger partial charge is 0.335 e. The number of nitrogens with one attached hydrogen (secondary N) is 1. The van der Waals surface area contributed by atoms with Gasteiger partial charge in [0.05, 0.1) is 11.3 Å². The molecule has 0 spiro atoms. The van der Waals surface area contributed by atoms with Gasteiger partial charge in [-0.05, 0) is 30.7 Å². The van der Waals surface area contributed by atoms with E-state index in [4.69, 9.17) is 9.88 Å². The average Bonchev–Trinajstić information content (AvgIpc) is 2.53. The van der Waals surface area contributed by atoms with Crippen LogP contribution >= 0.6 is 0 Å². The molecule has 0 saturated carbocycles. The highest BCUT2D eigenvalue weighted by Gasteiger charge is 2.23. The van der Waals surface area contributed by atoms with Crippen molar-refractivity contribution in [1.82, 2.24) is 0 Å². The van der Waals surface area contributed by atoms with Gasteiger partial charge in [-0.25, -0.2) is 18.4 Å². The van der Waals surface area contributed by atoms with Gasteiger partial charge in [-0.3, -0.25) is 0 Å². The summed E-state index contributed by atoms with van der Waals surface area (Å²) in [5.41, 5.74) is 0.0580. The number of carbonyl (C=O) groups is 1. The van der Waals surface area contributed by atoms with Crippen molar-refractivity contribution in [3.05, 3.63) is 48.0 Å². The van der Waals surface area contributed by atoms with Gasteiger partial charge in [-0.2, -0.15) is 0 Å². The van der Waals surface area contributed by atoms with E-state index in [2.05, 4.69) is 5.32 Å². The normalized spacial score (nSPS) is 11.1. The molecule has 24 heavy (non-hydrogen) atoms. The summed E-state index contributed by atoms with van der Waals surface area (Å²) in [5, 5.41) is 17.4. The number of carboxylic acid groups (broad SMARTS) is 1. The van der Waals surface area contributed by atoms with Crippen LogP contribution in [0.2, 0.25) is 0 Å². The van der Waals surface area contributed by atoms with E-state index < -0.39 is 16.0 Å². The molecule has 0 aliphatic carbocycles. The number of anilines is 1. The lowest BCUT2D eigenvalue weighted by Crippen LogP contribution is -2.16. The number of para-hydroxylation sites is 1. The monoisotopic (exact) mass is 350 g/mol. The predicted octanol–water partition coefficient (Wildman–Crippen LogP) is 2.65. The average molecular weight is 350 g/mol. The van der Waals surface area contributed by atoms with Gasteiger partial charge in [0.25, 0.3) is 0 Å². The Morgan fingerprint density at radius 2 is 1.92 bits per heavy atom. The number of hydrogen-bond donors (Lipinski definition) is 3. The number of hydrogen-bond acceptors (Lipinski definition) is 5. The molecule has 0 fully saturated rings. The molecule has 0 atom stereocenters. The fraction of sp³-hybridized carbons (Fsp3) is 0.188. The van der Waals surface area contributed by atoms with Crippen molar-refractivity contribution in [1.29, 1.82) is 0 Å². The molecule has 0 aliphatic rings. The molecule has 0 aromatic heterocycles. The summed E-state index contributed by atoms with van der Waals surface area (Å²) < 4.78 is 29.5. The van der Waals surface area contributed by atoms with Crippen molar-refractivity contribution in [2.75, 3.05) is 11.9 Å². The topological polar surface area (TPSA) is 119 Å². The van der Waals surface area contributed by atoms with E-state index in [1.54, 1.807) is 30.3 Å². The maximum absolute atomic E-state index is 11.9. The third-order valence-electron chi connectivity index (χ3n) is 3.14. The second-order valence-corrected chi connectivity index (χ2v) is 6.57. The van der Waals surface area contributed by atoms with Gasteiger partial charge < -0.3 is 15.2 Å². The van der Waals surface area contributed by atoms with Crippen LogP contribution in [0, 0.1) is 0 Å². The molecule has 7 nitrogen and oxygen atoms in total.